The monoisotopic (exact) mass is 223 g/mol. The highest BCUT2D eigenvalue weighted by atomic mass is 16.2. The van der Waals surface area contributed by atoms with Gasteiger partial charge in [-0.1, -0.05) is 20.3 Å². The average molecular weight is 223 g/mol. The molecule has 1 saturated carbocycles. The predicted octanol–water partition coefficient (Wildman–Crippen LogP) is 1.42. The van der Waals surface area contributed by atoms with Crippen LogP contribution in [-0.4, -0.2) is 24.0 Å². The van der Waals surface area contributed by atoms with E-state index in [1.165, 1.54) is 0 Å². The first kappa shape index (κ1) is 11.4. The van der Waals surface area contributed by atoms with Gasteiger partial charge in [0.15, 0.2) is 5.96 Å². The van der Waals surface area contributed by atoms with Gasteiger partial charge in [0.1, 0.15) is 5.54 Å². The van der Waals surface area contributed by atoms with Gasteiger partial charge >= 0.3 is 0 Å². The van der Waals surface area contributed by atoms with E-state index in [2.05, 4.69) is 29.5 Å². The number of nitrogens with one attached hydrogen (secondary N) is 2. The molecule has 1 heterocycles. The third-order valence-electron chi connectivity index (χ3n) is 3.71. The maximum atomic E-state index is 12.0. The molecule has 0 aromatic rings. The van der Waals surface area contributed by atoms with E-state index < -0.39 is 0 Å². The van der Waals surface area contributed by atoms with Crippen LogP contribution in [0.5, 0.6) is 0 Å². The van der Waals surface area contributed by atoms with Crippen LogP contribution in [0.15, 0.2) is 4.99 Å². The molecule has 90 valence electrons. The summed E-state index contributed by atoms with van der Waals surface area (Å²) in [6.45, 7) is 5.05. The summed E-state index contributed by atoms with van der Waals surface area (Å²) < 4.78 is 0. The summed E-state index contributed by atoms with van der Waals surface area (Å²) in [4.78, 5) is 16.3. The summed E-state index contributed by atoms with van der Waals surface area (Å²) in [5.41, 5.74) is -0.340. The van der Waals surface area contributed by atoms with E-state index in [1.54, 1.807) is 0 Å². The first-order valence-corrected chi connectivity index (χ1v) is 6.34. The second-order valence-corrected chi connectivity index (χ2v) is 4.91. The molecule has 16 heavy (non-hydrogen) atoms. The van der Waals surface area contributed by atoms with Crippen LogP contribution in [0.2, 0.25) is 0 Å². The fraction of sp³-hybridized carbons (Fsp3) is 0.833. The largest absolute Gasteiger partial charge is 0.342 e. The van der Waals surface area contributed by atoms with Crippen LogP contribution < -0.4 is 10.6 Å². The highest BCUT2D eigenvalue weighted by molar-refractivity contribution is 6.09. The summed E-state index contributed by atoms with van der Waals surface area (Å²) >= 11 is 0. The number of guanidine groups is 1. The van der Waals surface area contributed by atoms with Crippen molar-refractivity contribution < 1.29 is 4.79 Å². The van der Waals surface area contributed by atoms with E-state index in [-0.39, 0.29) is 11.4 Å². The van der Waals surface area contributed by atoms with Crippen molar-refractivity contribution in [3.8, 4) is 0 Å². The molecule has 2 rings (SSSR count). The molecular formula is C12H21N3O. The molecule has 2 aliphatic rings. The molecule has 4 heteroatoms. The van der Waals surface area contributed by atoms with Crippen molar-refractivity contribution in [1.29, 1.82) is 0 Å². The Balaban J connectivity index is 2.05. The highest BCUT2D eigenvalue weighted by Gasteiger charge is 2.49. The molecule has 0 aromatic heterocycles. The van der Waals surface area contributed by atoms with Crippen molar-refractivity contribution in [3.63, 3.8) is 0 Å². The van der Waals surface area contributed by atoms with Crippen LogP contribution in [-0.2, 0) is 4.79 Å². The number of hydrogen-bond acceptors (Lipinski definition) is 2. The van der Waals surface area contributed by atoms with Gasteiger partial charge in [0.05, 0.1) is 0 Å². The zero-order valence-corrected chi connectivity index (χ0v) is 10.2. The maximum Gasteiger partial charge on any atom is 0.252 e. The van der Waals surface area contributed by atoms with E-state index in [1.807, 2.05) is 0 Å². The summed E-state index contributed by atoms with van der Waals surface area (Å²) in [5.74, 6) is 1.49. The first-order chi connectivity index (χ1) is 7.70. The smallest absolute Gasteiger partial charge is 0.252 e. The maximum absolute atomic E-state index is 12.0. The predicted molar refractivity (Wildman–Crippen MR) is 64.2 cm³/mol. The lowest BCUT2D eigenvalue weighted by Gasteiger charge is -2.20. The number of aliphatic imine (C=N–C) groups is 1. The second kappa shape index (κ2) is 4.44. The number of amides is 1. The molecule has 0 radical (unpaired) electrons. The van der Waals surface area contributed by atoms with Crippen molar-refractivity contribution in [2.24, 2.45) is 10.9 Å². The van der Waals surface area contributed by atoms with Crippen LogP contribution in [0.4, 0.5) is 0 Å². The third-order valence-corrected chi connectivity index (χ3v) is 3.71. The van der Waals surface area contributed by atoms with Gasteiger partial charge in [-0.3, -0.25) is 15.1 Å². The zero-order valence-electron chi connectivity index (χ0n) is 10.2. The summed E-state index contributed by atoms with van der Waals surface area (Å²) in [6, 6.07) is 0. The van der Waals surface area contributed by atoms with Gasteiger partial charge < -0.3 is 5.32 Å². The van der Waals surface area contributed by atoms with Gasteiger partial charge in [-0.25, -0.2) is 0 Å². The number of carbonyl (C=O) groups excluding carboxylic acids is 1. The highest BCUT2D eigenvalue weighted by Crippen LogP contribution is 2.37. The van der Waals surface area contributed by atoms with Crippen molar-refractivity contribution in [2.75, 3.05) is 6.54 Å². The van der Waals surface area contributed by atoms with Crippen molar-refractivity contribution in [1.82, 2.24) is 10.6 Å². The molecule has 2 N–H and O–H groups in total. The molecule has 1 saturated heterocycles. The fourth-order valence-corrected chi connectivity index (χ4v) is 2.66. The standard InChI is InChI=1S/C12H21N3O/c1-3-7-13-11-14-10(16)12(15-11)6-5-9(4-2)8-12/h9H,3-8H2,1-2H3,(H2,13,14,15,16). The summed E-state index contributed by atoms with van der Waals surface area (Å²) in [6.07, 6.45) is 5.23. The Kier molecular flexibility index (Phi) is 3.17. The lowest BCUT2D eigenvalue weighted by Crippen LogP contribution is -2.44. The Morgan fingerprint density at radius 2 is 2.31 bits per heavy atom. The van der Waals surface area contributed by atoms with E-state index in [0.717, 1.165) is 38.6 Å². The van der Waals surface area contributed by atoms with Gasteiger partial charge in [0.2, 0.25) is 0 Å². The van der Waals surface area contributed by atoms with Crippen LogP contribution in [0, 0.1) is 5.92 Å². The Morgan fingerprint density at radius 1 is 1.50 bits per heavy atom. The minimum Gasteiger partial charge on any atom is -0.342 e. The molecule has 0 bridgehead atoms. The van der Waals surface area contributed by atoms with Crippen molar-refractivity contribution in [2.45, 2.75) is 51.5 Å². The van der Waals surface area contributed by atoms with E-state index >= 15 is 0 Å². The SMILES string of the molecule is CCCN=C1NC(=O)C2(CCC(CC)C2)N1. The van der Waals surface area contributed by atoms with Crippen LogP contribution in [0.3, 0.4) is 0 Å². The lowest BCUT2D eigenvalue weighted by molar-refractivity contribution is -0.123. The molecule has 0 aromatic carbocycles. The molecule has 1 aliphatic heterocycles. The molecule has 1 spiro atoms. The number of rotatable bonds is 3. The molecular weight excluding hydrogens is 202 g/mol. The third kappa shape index (κ3) is 1.93. The van der Waals surface area contributed by atoms with E-state index in [4.69, 9.17) is 0 Å². The second-order valence-electron chi connectivity index (χ2n) is 4.91. The fourth-order valence-electron chi connectivity index (χ4n) is 2.66. The van der Waals surface area contributed by atoms with Crippen molar-refractivity contribution >= 4 is 11.9 Å². The Hall–Kier alpha value is -1.06. The van der Waals surface area contributed by atoms with E-state index in [0.29, 0.717) is 11.9 Å². The summed E-state index contributed by atoms with van der Waals surface area (Å²) in [5, 5.41) is 6.17. The van der Waals surface area contributed by atoms with Crippen molar-refractivity contribution in [3.05, 3.63) is 0 Å². The molecule has 1 aliphatic carbocycles. The molecule has 1 amide bonds. The Bertz CT molecular complexity index is 313. The number of hydrogen-bond donors (Lipinski definition) is 2. The van der Waals surface area contributed by atoms with Crippen LogP contribution >= 0.6 is 0 Å². The Morgan fingerprint density at radius 3 is 2.94 bits per heavy atom. The number of nitrogens with zero attached hydrogens (tertiary/aromatic N) is 1. The van der Waals surface area contributed by atoms with Gasteiger partial charge in [-0.05, 0) is 31.6 Å². The minimum absolute atomic E-state index is 0.123. The van der Waals surface area contributed by atoms with Gasteiger partial charge in [-0.15, -0.1) is 0 Å². The average Bonchev–Trinajstić information content (AvgIpc) is 2.83. The van der Waals surface area contributed by atoms with Gasteiger partial charge in [-0.2, -0.15) is 0 Å². The Labute approximate surface area is 96.9 Å². The van der Waals surface area contributed by atoms with Crippen LogP contribution in [0.25, 0.3) is 0 Å². The first-order valence-electron chi connectivity index (χ1n) is 6.34. The lowest BCUT2D eigenvalue weighted by atomic mass is 9.95. The molecule has 2 unspecified atom stereocenters. The molecule has 2 atom stereocenters. The van der Waals surface area contributed by atoms with Gasteiger partial charge in [0, 0.05) is 6.54 Å². The van der Waals surface area contributed by atoms with Gasteiger partial charge in [0.25, 0.3) is 5.91 Å². The summed E-state index contributed by atoms with van der Waals surface area (Å²) in [7, 11) is 0. The zero-order chi connectivity index (χ0) is 11.6. The van der Waals surface area contributed by atoms with Crippen LogP contribution in [0.1, 0.15) is 46.0 Å². The van der Waals surface area contributed by atoms with E-state index in [9.17, 15) is 4.79 Å². The molecule has 4 nitrogen and oxygen atoms in total. The quantitative estimate of drug-likeness (QED) is 0.760. The normalized spacial score (nSPS) is 35.8. The molecule has 2 fully saturated rings. The minimum atomic E-state index is -0.340. The number of carbonyl (C=O) groups is 1. The topological polar surface area (TPSA) is 53.5 Å².